The van der Waals surface area contributed by atoms with Crippen LogP contribution in [-0.2, 0) is 4.79 Å². The first kappa shape index (κ1) is 13.2. The number of phenols is 1. The number of benzene rings is 1. The number of carbonyl (C=O) groups is 1. The van der Waals surface area contributed by atoms with Gasteiger partial charge in [-0.3, -0.25) is 4.79 Å². The quantitative estimate of drug-likeness (QED) is 0.876. The van der Waals surface area contributed by atoms with Crippen LogP contribution in [0.25, 0.3) is 0 Å². The molecule has 2 N–H and O–H groups in total. The number of carboxylic acids is 1. The largest absolute Gasteiger partial charge is 0.506 e. The van der Waals surface area contributed by atoms with Crippen molar-refractivity contribution in [2.45, 2.75) is 25.2 Å². The average Bonchev–Trinajstić information content (AvgIpc) is 3.13. The van der Waals surface area contributed by atoms with Crippen LogP contribution in [0.5, 0.6) is 11.5 Å². The maximum Gasteiger partial charge on any atom is 0.303 e. The molecule has 1 unspecified atom stereocenters. The Morgan fingerprint density at radius 1 is 1.56 bits per heavy atom. The Morgan fingerprint density at radius 3 is 2.72 bits per heavy atom. The van der Waals surface area contributed by atoms with Crippen LogP contribution in [0.1, 0.15) is 30.7 Å². The highest BCUT2D eigenvalue weighted by Crippen LogP contribution is 2.49. The molecule has 0 saturated heterocycles. The second kappa shape index (κ2) is 5.18. The molecule has 0 aliphatic heterocycles. The minimum atomic E-state index is -0.842. The lowest BCUT2D eigenvalue weighted by Crippen LogP contribution is -2.09. The third kappa shape index (κ3) is 2.77. The van der Waals surface area contributed by atoms with Gasteiger partial charge in [0, 0.05) is 11.5 Å². The van der Waals surface area contributed by atoms with Crippen LogP contribution in [-0.4, -0.2) is 23.3 Å². The van der Waals surface area contributed by atoms with E-state index in [9.17, 15) is 9.90 Å². The minimum Gasteiger partial charge on any atom is -0.506 e. The molecule has 98 valence electrons. The van der Waals surface area contributed by atoms with Crippen LogP contribution in [0.4, 0.5) is 0 Å². The Kier molecular flexibility index (Phi) is 3.80. The van der Waals surface area contributed by atoms with Crippen LogP contribution in [0.2, 0.25) is 0 Å². The molecular formula is C13H15BrO4. The van der Waals surface area contributed by atoms with Gasteiger partial charge in [0.15, 0.2) is 0 Å². The lowest BCUT2D eigenvalue weighted by atomic mass is 9.90. The van der Waals surface area contributed by atoms with E-state index in [1.54, 1.807) is 19.2 Å². The molecule has 1 fully saturated rings. The van der Waals surface area contributed by atoms with Crippen molar-refractivity contribution in [3.63, 3.8) is 0 Å². The Morgan fingerprint density at radius 2 is 2.22 bits per heavy atom. The van der Waals surface area contributed by atoms with E-state index in [4.69, 9.17) is 9.84 Å². The Hall–Kier alpha value is -1.23. The first-order valence-corrected chi connectivity index (χ1v) is 6.60. The topological polar surface area (TPSA) is 66.8 Å². The smallest absolute Gasteiger partial charge is 0.303 e. The molecule has 1 aromatic rings. The minimum absolute atomic E-state index is 0.0395. The number of rotatable bonds is 5. The standard InChI is InChI=1S/C13H15BrO4/c1-18-8-4-10(13(17)11(14)5-8)9(6-12(15)16)7-2-3-7/h4-5,7,9,17H,2-3,6H2,1H3,(H,15,16). The number of carboxylic acid groups (broad SMARTS) is 1. The van der Waals surface area contributed by atoms with Gasteiger partial charge in [-0.05, 0) is 46.8 Å². The summed E-state index contributed by atoms with van der Waals surface area (Å²) in [5.41, 5.74) is 0.658. The first-order chi connectivity index (χ1) is 8.52. The second-order valence-corrected chi connectivity index (χ2v) is 5.44. The molecule has 0 amide bonds. The molecule has 1 atom stereocenters. The van der Waals surface area contributed by atoms with Crippen LogP contribution >= 0.6 is 15.9 Å². The predicted molar refractivity (Wildman–Crippen MR) is 70.1 cm³/mol. The molecule has 0 heterocycles. The van der Waals surface area contributed by atoms with Crippen LogP contribution in [0.3, 0.4) is 0 Å². The molecule has 0 radical (unpaired) electrons. The lowest BCUT2D eigenvalue weighted by molar-refractivity contribution is -0.137. The molecule has 0 aromatic heterocycles. The third-order valence-electron chi connectivity index (χ3n) is 3.29. The van der Waals surface area contributed by atoms with E-state index < -0.39 is 5.97 Å². The summed E-state index contributed by atoms with van der Waals surface area (Å²) in [5, 5.41) is 19.1. The fraction of sp³-hybridized carbons (Fsp3) is 0.462. The monoisotopic (exact) mass is 314 g/mol. The van der Waals surface area contributed by atoms with Gasteiger partial charge in [-0.1, -0.05) is 0 Å². The van der Waals surface area contributed by atoms with Crippen molar-refractivity contribution in [1.29, 1.82) is 0 Å². The number of halogens is 1. The molecule has 4 nitrogen and oxygen atoms in total. The van der Waals surface area contributed by atoms with Gasteiger partial charge in [-0.25, -0.2) is 0 Å². The maximum atomic E-state index is 10.9. The van der Waals surface area contributed by atoms with Crippen LogP contribution in [0, 0.1) is 5.92 Å². The van der Waals surface area contributed by atoms with Crippen molar-refractivity contribution in [2.75, 3.05) is 7.11 Å². The molecule has 0 bridgehead atoms. The van der Waals surface area contributed by atoms with E-state index in [0.717, 1.165) is 12.8 Å². The van der Waals surface area contributed by atoms with Crippen molar-refractivity contribution < 1.29 is 19.7 Å². The SMILES string of the molecule is COc1cc(Br)c(O)c(C(CC(=O)O)C2CC2)c1. The molecule has 1 saturated carbocycles. The summed E-state index contributed by atoms with van der Waals surface area (Å²) in [7, 11) is 1.55. The highest BCUT2D eigenvalue weighted by Gasteiger charge is 2.35. The first-order valence-electron chi connectivity index (χ1n) is 5.81. The van der Waals surface area contributed by atoms with Crippen molar-refractivity contribution in [3.8, 4) is 11.5 Å². The molecule has 1 aliphatic carbocycles. The van der Waals surface area contributed by atoms with Crippen LogP contribution in [0.15, 0.2) is 16.6 Å². The normalized spacial score (nSPS) is 16.3. The number of ether oxygens (including phenoxy) is 1. The molecule has 0 spiro atoms. The van der Waals surface area contributed by atoms with E-state index in [0.29, 0.717) is 21.7 Å². The Balaban J connectivity index is 2.39. The van der Waals surface area contributed by atoms with E-state index in [2.05, 4.69) is 15.9 Å². The van der Waals surface area contributed by atoms with Gasteiger partial charge >= 0.3 is 5.97 Å². The van der Waals surface area contributed by atoms with Gasteiger partial charge in [0.25, 0.3) is 0 Å². The summed E-state index contributed by atoms with van der Waals surface area (Å²) >= 11 is 3.26. The summed E-state index contributed by atoms with van der Waals surface area (Å²) in [5.74, 6) is 0.102. The van der Waals surface area contributed by atoms with E-state index in [1.165, 1.54) is 0 Å². The number of aliphatic carboxylic acids is 1. The van der Waals surface area contributed by atoms with E-state index >= 15 is 0 Å². The molecule has 5 heteroatoms. The fourth-order valence-corrected chi connectivity index (χ4v) is 2.67. The summed E-state index contributed by atoms with van der Waals surface area (Å²) in [6, 6.07) is 3.40. The summed E-state index contributed by atoms with van der Waals surface area (Å²) < 4.78 is 5.69. The Labute approximate surface area is 114 Å². The predicted octanol–water partition coefficient (Wildman–Crippen LogP) is 3.13. The second-order valence-electron chi connectivity index (χ2n) is 4.59. The number of hydrogen-bond donors (Lipinski definition) is 2. The average molecular weight is 315 g/mol. The summed E-state index contributed by atoms with van der Waals surface area (Å²) in [6.07, 6.45) is 2.08. The van der Waals surface area contributed by atoms with E-state index in [-0.39, 0.29) is 18.1 Å². The summed E-state index contributed by atoms with van der Waals surface area (Å²) in [4.78, 5) is 10.9. The van der Waals surface area contributed by atoms with E-state index in [1.807, 2.05) is 0 Å². The number of methoxy groups -OCH3 is 1. The molecular weight excluding hydrogens is 300 g/mol. The maximum absolute atomic E-state index is 10.9. The number of phenolic OH excluding ortho intramolecular Hbond substituents is 1. The molecule has 1 aliphatic rings. The van der Waals surface area contributed by atoms with Crippen molar-refractivity contribution in [2.24, 2.45) is 5.92 Å². The zero-order valence-corrected chi connectivity index (χ0v) is 11.6. The number of hydrogen-bond acceptors (Lipinski definition) is 3. The zero-order valence-electron chi connectivity index (χ0n) is 10.0. The van der Waals surface area contributed by atoms with Gasteiger partial charge in [-0.15, -0.1) is 0 Å². The fourth-order valence-electron chi connectivity index (χ4n) is 2.21. The molecule has 18 heavy (non-hydrogen) atoms. The third-order valence-corrected chi connectivity index (χ3v) is 3.89. The molecule has 1 aromatic carbocycles. The van der Waals surface area contributed by atoms with Crippen molar-refractivity contribution in [3.05, 3.63) is 22.2 Å². The van der Waals surface area contributed by atoms with Gasteiger partial charge in [0.2, 0.25) is 0 Å². The zero-order chi connectivity index (χ0) is 13.3. The molecule has 2 rings (SSSR count). The van der Waals surface area contributed by atoms with Crippen molar-refractivity contribution in [1.82, 2.24) is 0 Å². The van der Waals surface area contributed by atoms with Crippen LogP contribution < -0.4 is 4.74 Å². The highest BCUT2D eigenvalue weighted by atomic mass is 79.9. The summed E-state index contributed by atoms with van der Waals surface area (Å²) in [6.45, 7) is 0. The Bertz CT molecular complexity index is 468. The lowest BCUT2D eigenvalue weighted by Gasteiger charge is -2.18. The van der Waals surface area contributed by atoms with Gasteiger partial charge < -0.3 is 14.9 Å². The highest BCUT2D eigenvalue weighted by molar-refractivity contribution is 9.10. The van der Waals surface area contributed by atoms with Gasteiger partial charge in [0.1, 0.15) is 11.5 Å². The van der Waals surface area contributed by atoms with Gasteiger partial charge in [-0.2, -0.15) is 0 Å². The number of aromatic hydroxyl groups is 1. The van der Waals surface area contributed by atoms with Crippen molar-refractivity contribution >= 4 is 21.9 Å². The van der Waals surface area contributed by atoms with Gasteiger partial charge in [0.05, 0.1) is 18.0 Å².